The van der Waals surface area contributed by atoms with Gasteiger partial charge >= 0.3 is 5.97 Å². The zero-order valence-electron chi connectivity index (χ0n) is 10.5. The maximum absolute atomic E-state index is 11.5. The summed E-state index contributed by atoms with van der Waals surface area (Å²) in [7, 11) is 1.55. The van der Waals surface area contributed by atoms with Crippen LogP contribution >= 0.6 is 0 Å². The number of esters is 1. The first-order chi connectivity index (χ1) is 9.26. The lowest BCUT2D eigenvalue weighted by atomic mass is 10.0. The molecule has 1 unspecified atom stereocenters. The maximum Gasteiger partial charge on any atom is 0.334 e. The number of methoxy groups -OCH3 is 1. The van der Waals surface area contributed by atoms with Crippen molar-refractivity contribution in [1.82, 2.24) is 0 Å². The number of hydrogen-bond acceptors (Lipinski definition) is 5. The minimum absolute atomic E-state index is 0.344. The third-order valence-electron chi connectivity index (χ3n) is 3.12. The predicted molar refractivity (Wildman–Crippen MR) is 66.0 cm³/mol. The summed E-state index contributed by atoms with van der Waals surface area (Å²) in [4.78, 5) is 11.5. The summed E-state index contributed by atoms with van der Waals surface area (Å²) < 4.78 is 21.4. The average Bonchev–Trinajstić information content (AvgIpc) is 2.46. The Balaban J connectivity index is 1.86. The zero-order chi connectivity index (χ0) is 13.2. The van der Waals surface area contributed by atoms with Crippen LogP contribution in [0.25, 0.3) is 0 Å². The van der Waals surface area contributed by atoms with Crippen molar-refractivity contribution in [2.75, 3.05) is 20.3 Å². The number of benzene rings is 1. The molecule has 0 N–H and O–H groups in total. The van der Waals surface area contributed by atoms with Crippen molar-refractivity contribution in [3.63, 3.8) is 0 Å². The first-order valence-corrected chi connectivity index (χ1v) is 6.11. The van der Waals surface area contributed by atoms with Gasteiger partial charge in [0.2, 0.25) is 0 Å². The second kappa shape index (κ2) is 4.84. The Morgan fingerprint density at radius 3 is 2.79 bits per heavy atom. The fraction of sp³-hybridized carbons (Fsp3) is 0.357. The van der Waals surface area contributed by atoms with Gasteiger partial charge in [0, 0.05) is 6.42 Å². The molecule has 3 rings (SSSR count). The van der Waals surface area contributed by atoms with Crippen LogP contribution in [0.1, 0.15) is 18.1 Å². The number of hydrogen-bond donors (Lipinski definition) is 0. The van der Waals surface area contributed by atoms with E-state index in [1.165, 1.54) is 6.08 Å². The molecule has 0 radical (unpaired) electrons. The SMILES string of the molecule is COC1=CC(=O)OC(c2ccc3c(c2)OCCO3)C1. The van der Waals surface area contributed by atoms with Gasteiger partial charge in [0.05, 0.1) is 13.2 Å². The summed E-state index contributed by atoms with van der Waals surface area (Å²) in [5.41, 5.74) is 0.875. The van der Waals surface area contributed by atoms with Crippen LogP contribution in [0.3, 0.4) is 0 Å². The number of carbonyl (C=O) groups is 1. The zero-order valence-corrected chi connectivity index (χ0v) is 10.5. The van der Waals surface area contributed by atoms with Gasteiger partial charge in [0.1, 0.15) is 25.1 Å². The van der Waals surface area contributed by atoms with Gasteiger partial charge in [-0.1, -0.05) is 6.07 Å². The van der Waals surface area contributed by atoms with E-state index in [4.69, 9.17) is 18.9 Å². The molecule has 1 aromatic rings. The van der Waals surface area contributed by atoms with Crippen molar-refractivity contribution in [3.8, 4) is 11.5 Å². The Labute approximate surface area is 110 Å². The molecular weight excluding hydrogens is 248 g/mol. The molecule has 100 valence electrons. The van der Waals surface area contributed by atoms with Crippen LogP contribution in [0.2, 0.25) is 0 Å². The monoisotopic (exact) mass is 262 g/mol. The highest BCUT2D eigenvalue weighted by atomic mass is 16.6. The quantitative estimate of drug-likeness (QED) is 0.763. The van der Waals surface area contributed by atoms with E-state index in [0.29, 0.717) is 31.1 Å². The van der Waals surface area contributed by atoms with Gasteiger partial charge in [-0.15, -0.1) is 0 Å². The second-order valence-corrected chi connectivity index (χ2v) is 4.35. The molecule has 0 spiro atoms. The van der Waals surface area contributed by atoms with Gasteiger partial charge in [-0.2, -0.15) is 0 Å². The molecule has 5 nitrogen and oxygen atoms in total. The molecule has 2 heterocycles. The molecule has 0 aromatic heterocycles. The van der Waals surface area contributed by atoms with Gasteiger partial charge in [0.25, 0.3) is 0 Å². The summed E-state index contributed by atoms with van der Waals surface area (Å²) in [5, 5.41) is 0. The lowest BCUT2D eigenvalue weighted by molar-refractivity contribution is -0.145. The number of cyclic esters (lactones) is 1. The first-order valence-electron chi connectivity index (χ1n) is 6.11. The smallest absolute Gasteiger partial charge is 0.334 e. The predicted octanol–water partition coefficient (Wildman–Crippen LogP) is 1.98. The Bertz CT molecular complexity index is 535. The lowest BCUT2D eigenvalue weighted by Gasteiger charge is -2.24. The van der Waals surface area contributed by atoms with Crippen molar-refractivity contribution < 1.29 is 23.7 Å². The summed E-state index contributed by atoms with van der Waals surface area (Å²) >= 11 is 0. The Morgan fingerprint density at radius 1 is 1.21 bits per heavy atom. The molecule has 0 bridgehead atoms. The Kier molecular flexibility index (Phi) is 3.03. The van der Waals surface area contributed by atoms with Crippen LogP contribution in [-0.4, -0.2) is 26.3 Å². The van der Waals surface area contributed by atoms with Crippen LogP contribution < -0.4 is 9.47 Å². The largest absolute Gasteiger partial charge is 0.501 e. The third kappa shape index (κ3) is 2.36. The van der Waals surface area contributed by atoms with Crippen molar-refractivity contribution in [2.45, 2.75) is 12.5 Å². The van der Waals surface area contributed by atoms with Crippen molar-refractivity contribution in [2.24, 2.45) is 0 Å². The van der Waals surface area contributed by atoms with E-state index in [0.717, 1.165) is 11.3 Å². The molecule has 5 heteroatoms. The molecule has 0 fully saturated rings. The van der Waals surface area contributed by atoms with Crippen LogP contribution in [0, 0.1) is 0 Å². The van der Waals surface area contributed by atoms with Crippen LogP contribution in [0.15, 0.2) is 30.0 Å². The van der Waals surface area contributed by atoms with Crippen LogP contribution in [-0.2, 0) is 14.3 Å². The van der Waals surface area contributed by atoms with E-state index in [1.807, 2.05) is 18.2 Å². The number of rotatable bonds is 2. The average molecular weight is 262 g/mol. The summed E-state index contributed by atoms with van der Waals surface area (Å²) in [6, 6.07) is 5.57. The van der Waals surface area contributed by atoms with Crippen molar-refractivity contribution >= 4 is 5.97 Å². The number of fused-ring (bicyclic) bond motifs is 1. The first kappa shape index (κ1) is 11.9. The van der Waals surface area contributed by atoms with E-state index >= 15 is 0 Å². The third-order valence-corrected chi connectivity index (χ3v) is 3.12. The lowest BCUT2D eigenvalue weighted by Crippen LogP contribution is -2.18. The Hall–Kier alpha value is -2.17. The van der Waals surface area contributed by atoms with E-state index in [1.54, 1.807) is 7.11 Å². The van der Waals surface area contributed by atoms with Gasteiger partial charge in [-0.05, 0) is 17.7 Å². The van der Waals surface area contributed by atoms with Crippen LogP contribution in [0.5, 0.6) is 11.5 Å². The van der Waals surface area contributed by atoms with Crippen molar-refractivity contribution in [3.05, 3.63) is 35.6 Å². The fourth-order valence-electron chi connectivity index (χ4n) is 2.18. The number of ether oxygens (including phenoxy) is 4. The van der Waals surface area contributed by atoms with E-state index in [-0.39, 0.29) is 12.1 Å². The van der Waals surface area contributed by atoms with Gasteiger partial charge in [-0.3, -0.25) is 0 Å². The Morgan fingerprint density at radius 2 is 2.00 bits per heavy atom. The van der Waals surface area contributed by atoms with Gasteiger partial charge in [-0.25, -0.2) is 4.79 Å². The molecular formula is C14H14O5. The molecule has 2 aliphatic heterocycles. The fourth-order valence-corrected chi connectivity index (χ4v) is 2.18. The highest BCUT2D eigenvalue weighted by Gasteiger charge is 2.25. The summed E-state index contributed by atoms with van der Waals surface area (Å²) in [6.07, 6.45) is 1.56. The minimum atomic E-state index is -0.386. The highest BCUT2D eigenvalue weighted by Crippen LogP contribution is 2.36. The van der Waals surface area contributed by atoms with E-state index in [2.05, 4.69) is 0 Å². The van der Waals surface area contributed by atoms with Crippen molar-refractivity contribution in [1.29, 1.82) is 0 Å². The molecule has 1 aromatic carbocycles. The molecule has 2 aliphatic rings. The van der Waals surface area contributed by atoms with Crippen LogP contribution in [0.4, 0.5) is 0 Å². The molecule has 0 aliphatic carbocycles. The number of carbonyl (C=O) groups excluding carboxylic acids is 1. The minimum Gasteiger partial charge on any atom is -0.501 e. The molecule has 19 heavy (non-hydrogen) atoms. The summed E-state index contributed by atoms with van der Waals surface area (Å²) in [5.74, 6) is 1.65. The standard InChI is InChI=1S/C14H14O5/c1-16-10-7-12(19-14(15)8-10)9-2-3-11-13(6-9)18-5-4-17-11/h2-3,6,8,12H,4-5,7H2,1H3. The highest BCUT2D eigenvalue weighted by molar-refractivity contribution is 5.83. The van der Waals surface area contributed by atoms with E-state index in [9.17, 15) is 4.79 Å². The second-order valence-electron chi connectivity index (χ2n) is 4.35. The summed E-state index contributed by atoms with van der Waals surface area (Å²) in [6.45, 7) is 1.09. The molecule has 0 amide bonds. The molecule has 0 saturated carbocycles. The molecule has 1 atom stereocenters. The maximum atomic E-state index is 11.5. The molecule has 0 saturated heterocycles. The van der Waals surface area contributed by atoms with Gasteiger partial charge in [0.15, 0.2) is 11.5 Å². The normalized spacial score (nSPS) is 21.4. The van der Waals surface area contributed by atoms with Gasteiger partial charge < -0.3 is 18.9 Å². The van der Waals surface area contributed by atoms with E-state index < -0.39 is 0 Å². The topological polar surface area (TPSA) is 54.0 Å².